The highest BCUT2D eigenvalue weighted by molar-refractivity contribution is 7.89. The van der Waals surface area contributed by atoms with Crippen LogP contribution in [0.15, 0.2) is 29.2 Å². The van der Waals surface area contributed by atoms with Gasteiger partial charge >= 0.3 is 5.97 Å². The van der Waals surface area contributed by atoms with E-state index in [2.05, 4.69) is 0 Å². The Morgan fingerprint density at radius 1 is 1.35 bits per heavy atom. The van der Waals surface area contributed by atoms with E-state index in [4.69, 9.17) is 11.6 Å². The van der Waals surface area contributed by atoms with Crippen molar-refractivity contribution < 1.29 is 18.3 Å². The standard InChI is InChI=1S/C13H16ClNO4S/c1-9-3-2-8-15(12(9)13(16)17)20(18,19)11-6-4-10(14)5-7-11/h4-7,9,12H,2-3,8H2,1H3,(H,16,17). The zero-order valence-corrected chi connectivity index (χ0v) is 12.6. The lowest BCUT2D eigenvalue weighted by Gasteiger charge is -2.36. The summed E-state index contributed by atoms with van der Waals surface area (Å²) < 4.78 is 26.2. The normalized spacial score (nSPS) is 24.5. The maximum Gasteiger partial charge on any atom is 0.322 e. The Morgan fingerprint density at radius 2 is 1.95 bits per heavy atom. The summed E-state index contributed by atoms with van der Waals surface area (Å²) >= 11 is 5.75. The highest BCUT2D eigenvalue weighted by Crippen LogP contribution is 2.29. The van der Waals surface area contributed by atoms with Crippen molar-refractivity contribution in [3.63, 3.8) is 0 Å². The van der Waals surface area contributed by atoms with E-state index in [-0.39, 0.29) is 17.4 Å². The van der Waals surface area contributed by atoms with Gasteiger partial charge in [-0.3, -0.25) is 4.79 Å². The van der Waals surface area contributed by atoms with Gasteiger partial charge in [-0.1, -0.05) is 18.5 Å². The summed E-state index contributed by atoms with van der Waals surface area (Å²) in [6.45, 7) is 1.99. The molecular formula is C13H16ClNO4S. The summed E-state index contributed by atoms with van der Waals surface area (Å²) in [7, 11) is -3.81. The van der Waals surface area contributed by atoms with Gasteiger partial charge in [-0.2, -0.15) is 4.31 Å². The molecule has 0 amide bonds. The molecule has 1 aromatic rings. The lowest BCUT2D eigenvalue weighted by atomic mass is 9.93. The van der Waals surface area contributed by atoms with Crippen LogP contribution in [0, 0.1) is 5.92 Å². The first-order chi connectivity index (χ1) is 9.34. The molecule has 2 rings (SSSR count). The summed E-state index contributed by atoms with van der Waals surface area (Å²) in [5.41, 5.74) is 0. The van der Waals surface area contributed by atoms with Crippen LogP contribution in [0.25, 0.3) is 0 Å². The van der Waals surface area contributed by atoms with Crippen LogP contribution in [0.2, 0.25) is 5.02 Å². The quantitative estimate of drug-likeness (QED) is 0.927. The lowest BCUT2D eigenvalue weighted by molar-refractivity contribution is -0.144. The van der Waals surface area contributed by atoms with Gasteiger partial charge in [0.05, 0.1) is 4.90 Å². The van der Waals surface area contributed by atoms with Crippen molar-refractivity contribution in [1.82, 2.24) is 4.31 Å². The second-order valence-electron chi connectivity index (χ2n) is 4.97. The van der Waals surface area contributed by atoms with Gasteiger partial charge in [-0.15, -0.1) is 0 Å². The molecule has 2 unspecified atom stereocenters. The number of hydrogen-bond donors (Lipinski definition) is 1. The van der Waals surface area contributed by atoms with Crippen LogP contribution < -0.4 is 0 Å². The Bertz CT molecular complexity index is 599. The monoisotopic (exact) mass is 317 g/mol. The Labute approximate surface area is 123 Å². The van der Waals surface area contributed by atoms with E-state index in [0.717, 1.165) is 4.31 Å². The number of carboxylic acid groups (broad SMARTS) is 1. The van der Waals surface area contributed by atoms with Crippen LogP contribution >= 0.6 is 11.6 Å². The average Bonchev–Trinajstić information content (AvgIpc) is 2.38. The van der Waals surface area contributed by atoms with Crippen molar-refractivity contribution in [3.05, 3.63) is 29.3 Å². The number of piperidine rings is 1. The van der Waals surface area contributed by atoms with Crippen molar-refractivity contribution in [2.24, 2.45) is 5.92 Å². The van der Waals surface area contributed by atoms with Crippen molar-refractivity contribution in [3.8, 4) is 0 Å². The molecule has 1 fully saturated rings. The predicted molar refractivity (Wildman–Crippen MR) is 75.2 cm³/mol. The molecule has 1 heterocycles. The highest BCUT2D eigenvalue weighted by atomic mass is 35.5. The molecule has 0 bridgehead atoms. The summed E-state index contributed by atoms with van der Waals surface area (Å²) in [5.74, 6) is -1.31. The van der Waals surface area contributed by atoms with Gasteiger partial charge in [0, 0.05) is 11.6 Å². The summed E-state index contributed by atoms with van der Waals surface area (Å²) in [4.78, 5) is 11.5. The van der Waals surface area contributed by atoms with Gasteiger partial charge in [-0.05, 0) is 43.0 Å². The number of benzene rings is 1. The molecule has 7 heteroatoms. The van der Waals surface area contributed by atoms with E-state index < -0.39 is 22.0 Å². The summed E-state index contributed by atoms with van der Waals surface area (Å²) in [6, 6.07) is 4.75. The van der Waals surface area contributed by atoms with Crippen LogP contribution in [0.1, 0.15) is 19.8 Å². The fourth-order valence-electron chi connectivity index (χ4n) is 2.53. The van der Waals surface area contributed by atoms with E-state index in [0.29, 0.717) is 17.9 Å². The minimum Gasteiger partial charge on any atom is -0.480 e. The first-order valence-corrected chi connectivity index (χ1v) is 8.16. The second-order valence-corrected chi connectivity index (χ2v) is 7.30. The third-order valence-corrected chi connectivity index (χ3v) is 5.71. The van der Waals surface area contributed by atoms with Gasteiger partial charge in [0.2, 0.25) is 10.0 Å². The molecule has 20 heavy (non-hydrogen) atoms. The maximum atomic E-state index is 12.6. The minimum absolute atomic E-state index is 0.0715. The molecule has 1 aromatic carbocycles. The van der Waals surface area contributed by atoms with E-state index in [9.17, 15) is 18.3 Å². The zero-order valence-electron chi connectivity index (χ0n) is 11.0. The van der Waals surface area contributed by atoms with Gasteiger partial charge < -0.3 is 5.11 Å². The van der Waals surface area contributed by atoms with Gasteiger partial charge in [0.25, 0.3) is 0 Å². The van der Waals surface area contributed by atoms with Crippen LogP contribution in [-0.2, 0) is 14.8 Å². The molecule has 0 aromatic heterocycles. The van der Waals surface area contributed by atoms with E-state index in [1.165, 1.54) is 24.3 Å². The Hall–Kier alpha value is -1.11. The largest absolute Gasteiger partial charge is 0.480 e. The Morgan fingerprint density at radius 3 is 2.50 bits per heavy atom. The second kappa shape index (κ2) is 5.71. The molecule has 1 saturated heterocycles. The summed E-state index contributed by atoms with van der Waals surface area (Å²) in [6.07, 6.45) is 1.38. The fourth-order valence-corrected chi connectivity index (χ4v) is 4.37. The van der Waals surface area contributed by atoms with Crippen molar-refractivity contribution >= 4 is 27.6 Å². The number of aliphatic carboxylic acids is 1. The first-order valence-electron chi connectivity index (χ1n) is 6.34. The van der Waals surface area contributed by atoms with Gasteiger partial charge in [0.1, 0.15) is 6.04 Å². The average molecular weight is 318 g/mol. The summed E-state index contributed by atoms with van der Waals surface area (Å²) in [5, 5.41) is 9.74. The number of carboxylic acids is 1. The zero-order chi connectivity index (χ0) is 14.9. The van der Waals surface area contributed by atoms with Gasteiger partial charge in [-0.25, -0.2) is 8.42 Å². The predicted octanol–water partition coefficient (Wildman–Crippen LogP) is 2.21. The van der Waals surface area contributed by atoms with E-state index in [1.807, 2.05) is 0 Å². The lowest BCUT2D eigenvalue weighted by Crippen LogP contribution is -2.51. The minimum atomic E-state index is -3.81. The SMILES string of the molecule is CC1CCCN(S(=O)(=O)c2ccc(Cl)cc2)C1C(=O)O. The Kier molecular flexibility index (Phi) is 4.36. The number of halogens is 1. The third-order valence-electron chi connectivity index (χ3n) is 3.56. The molecular weight excluding hydrogens is 302 g/mol. The number of hydrogen-bond acceptors (Lipinski definition) is 3. The number of sulfonamides is 1. The maximum absolute atomic E-state index is 12.6. The van der Waals surface area contributed by atoms with Crippen molar-refractivity contribution in [2.45, 2.75) is 30.7 Å². The van der Waals surface area contributed by atoms with Crippen molar-refractivity contribution in [1.29, 1.82) is 0 Å². The molecule has 1 aliphatic rings. The molecule has 1 N–H and O–H groups in total. The number of nitrogens with zero attached hydrogens (tertiary/aromatic N) is 1. The third kappa shape index (κ3) is 2.82. The molecule has 0 saturated carbocycles. The molecule has 0 radical (unpaired) electrons. The highest BCUT2D eigenvalue weighted by Gasteiger charge is 2.41. The topological polar surface area (TPSA) is 74.7 Å². The smallest absolute Gasteiger partial charge is 0.322 e. The molecule has 0 spiro atoms. The molecule has 0 aliphatic carbocycles. The van der Waals surface area contributed by atoms with Crippen LogP contribution in [0.3, 0.4) is 0 Å². The molecule has 110 valence electrons. The number of rotatable bonds is 3. The van der Waals surface area contributed by atoms with E-state index in [1.54, 1.807) is 6.92 Å². The van der Waals surface area contributed by atoms with Crippen LogP contribution in [-0.4, -0.2) is 36.4 Å². The van der Waals surface area contributed by atoms with Crippen molar-refractivity contribution in [2.75, 3.05) is 6.54 Å². The Balaban J connectivity index is 2.41. The molecule has 5 nitrogen and oxygen atoms in total. The first kappa shape index (κ1) is 15.3. The number of carbonyl (C=O) groups is 1. The molecule has 2 atom stereocenters. The van der Waals surface area contributed by atoms with Gasteiger partial charge in [0.15, 0.2) is 0 Å². The fraction of sp³-hybridized carbons (Fsp3) is 0.462. The van der Waals surface area contributed by atoms with Crippen LogP contribution in [0.5, 0.6) is 0 Å². The van der Waals surface area contributed by atoms with Crippen LogP contribution in [0.4, 0.5) is 0 Å². The van der Waals surface area contributed by atoms with E-state index >= 15 is 0 Å². The molecule has 1 aliphatic heterocycles.